The van der Waals surface area contributed by atoms with Gasteiger partial charge in [-0.05, 0) is 51.4 Å². The Bertz CT molecular complexity index is 1090. The number of phosphoric ester groups is 1. The average molecular weight is 882 g/mol. The molecule has 0 aromatic carbocycles. The van der Waals surface area contributed by atoms with Crippen LogP contribution in [0.2, 0.25) is 0 Å². The van der Waals surface area contributed by atoms with Crippen LogP contribution in [0.1, 0.15) is 239 Å². The van der Waals surface area contributed by atoms with E-state index in [1.807, 2.05) is 21.1 Å². The van der Waals surface area contributed by atoms with Gasteiger partial charge in [-0.1, -0.05) is 217 Å². The fourth-order valence-electron chi connectivity index (χ4n) is 7.52. The first-order chi connectivity index (χ1) is 29.5. The average Bonchev–Trinajstić information content (AvgIpc) is 3.21. The molecule has 3 atom stereocenters. The van der Waals surface area contributed by atoms with Crippen LogP contribution in [-0.2, 0) is 18.4 Å². The van der Waals surface area contributed by atoms with Gasteiger partial charge in [0, 0.05) is 6.42 Å². The van der Waals surface area contributed by atoms with Crippen LogP contribution >= 0.6 is 7.82 Å². The summed E-state index contributed by atoms with van der Waals surface area (Å²) in [6, 6.07) is -0.755. The summed E-state index contributed by atoms with van der Waals surface area (Å²) < 4.78 is 23.5. The number of likely N-dealkylation sites (N-methyl/N-ethyl adjacent to an activating group) is 1. The zero-order valence-electron chi connectivity index (χ0n) is 40.9. The van der Waals surface area contributed by atoms with Gasteiger partial charge in [-0.15, -0.1) is 0 Å². The van der Waals surface area contributed by atoms with Gasteiger partial charge in [0.05, 0.1) is 39.9 Å². The summed E-state index contributed by atoms with van der Waals surface area (Å²) in [6.07, 6.45) is 55.2. The summed E-state index contributed by atoms with van der Waals surface area (Å²) in [5.74, 6) is -0.148. The minimum absolute atomic E-state index is 0.0748. The summed E-state index contributed by atoms with van der Waals surface area (Å²) in [5, 5.41) is 13.8. The van der Waals surface area contributed by atoms with E-state index in [0.717, 1.165) is 51.4 Å². The maximum atomic E-state index is 12.8. The number of carbonyl (C=O) groups excluding carboxylic acids is 1. The second-order valence-corrected chi connectivity index (χ2v) is 20.4. The van der Waals surface area contributed by atoms with Crippen LogP contribution in [0, 0.1) is 0 Å². The molecule has 360 valence electrons. The van der Waals surface area contributed by atoms with Gasteiger partial charge < -0.3 is 19.8 Å². The Kier molecular flexibility index (Phi) is 43.0. The van der Waals surface area contributed by atoms with Gasteiger partial charge in [0.25, 0.3) is 0 Å². The SMILES string of the molecule is CCCCCCC/C=C\C/C=C\C/C=C\CCCCCCCCCCCCCCCCCCCCC(=O)NC(COP(=O)(O)OCC[N+](C)(C)C)C(O)CCCCCCCC. The molecule has 0 spiro atoms. The molecule has 1 amide bonds. The van der Waals surface area contributed by atoms with E-state index in [0.29, 0.717) is 23.9 Å². The first-order valence-electron chi connectivity index (χ1n) is 25.9. The first-order valence-corrected chi connectivity index (χ1v) is 27.3. The molecule has 0 aliphatic rings. The topological polar surface area (TPSA) is 105 Å². The monoisotopic (exact) mass is 882 g/mol. The fraction of sp³-hybridized carbons (Fsp3) is 0.865. The molecule has 0 fully saturated rings. The molecule has 0 saturated heterocycles. The number of hydrogen-bond donors (Lipinski definition) is 3. The molecule has 0 aliphatic carbocycles. The summed E-state index contributed by atoms with van der Waals surface area (Å²) in [7, 11) is 1.62. The molecule has 0 saturated carbocycles. The van der Waals surface area contributed by atoms with E-state index in [1.165, 1.54) is 161 Å². The highest BCUT2D eigenvalue weighted by Gasteiger charge is 2.28. The fourth-order valence-corrected chi connectivity index (χ4v) is 8.26. The van der Waals surface area contributed by atoms with Crippen LogP contribution in [0.15, 0.2) is 36.5 Å². The number of aliphatic hydroxyl groups excluding tert-OH is 1. The molecule has 61 heavy (non-hydrogen) atoms. The highest BCUT2D eigenvalue weighted by Crippen LogP contribution is 2.43. The lowest BCUT2D eigenvalue weighted by Crippen LogP contribution is -2.46. The van der Waals surface area contributed by atoms with Crippen LogP contribution in [0.3, 0.4) is 0 Å². The number of hydrogen-bond acceptors (Lipinski definition) is 5. The molecule has 3 N–H and O–H groups in total. The van der Waals surface area contributed by atoms with Gasteiger partial charge in [-0.25, -0.2) is 4.57 Å². The zero-order valence-corrected chi connectivity index (χ0v) is 41.8. The van der Waals surface area contributed by atoms with Gasteiger partial charge in [-0.2, -0.15) is 0 Å². The number of amides is 1. The molecule has 0 heterocycles. The maximum absolute atomic E-state index is 12.8. The van der Waals surface area contributed by atoms with E-state index >= 15 is 0 Å². The molecule has 0 bridgehead atoms. The lowest BCUT2D eigenvalue weighted by molar-refractivity contribution is -0.870. The van der Waals surface area contributed by atoms with Crippen molar-refractivity contribution in [1.29, 1.82) is 0 Å². The maximum Gasteiger partial charge on any atom is 0.472 e. The summed E-state index contributed by atoms with van der Waals surface area (Å²) in [6.45, 7) is 4.82. The highest BCUT2D eigenvalue weighted by atomic mass is 31.2. The number of phosphoric acid groups is 1. The second-order valence-electron chi connectivity index (χ2n) is 18.9. The smallest absolute Gasteiger partial charge is 0.391 e. The van der Waals surface area contributed by atoms with Crippen molar-refractivity contribution in [2.45, 2.75) is 251 Å². The standard InChI is InChI=1S/C52H101N2O6P/c1-6-8-10-12-14-15-16-17-18-19-20-21-22-23-24-25-26-27-28-29-30-31-32-33-34-35-36-37-38-39-40-42-44-46-52(56)53-50(51(55)45-43-41-13-11-9-7-2)49-60-61(57,58)59-48-47-54(3,4)5/h16-17,19-20,22-23,50-51,55H,6-15,18,21,24-49H2,1-5H3,(H-,53,56,57,58)/p+1/b17-16-,20-19-,23-22-. The predicted octanol–water partition coefficient (Wildman–Crippen LogP) is 15.0. The number of unbranched alkanes of at least 4 members (excludes halogenated alkanes) is 28. The first kappa shape index (κ1) is 59.7. The quantitative estimate of drug-likeness (QED) is 0.0243. The molecule has 0 rings (SSSR count). The lowest BCUT2D eigenvalue weighted by Gasteiger charge is -2.26. The van der Waals surface area contributed by atoms with E-state index < -0.39 is 20.0 Å². The van der Waals surface area contributed by atoms with Crippen molar-refractivity contribution in [1.82, 2.24) is 5.32 Å². The van der Waals surface area contributed by atoms with Crippen molar-refractivity contribution >= 4 is 13.7 Å². The Morgan fingerprint density at radius 3 is 1.36 bits per heavy atom. The van der Waals surface area contributed by atoms with Gasteiger partial charge in [0.15, 0.2) is 0 Å². The number of quaternary nitrogens is 1. The van der Waals surface area contributed by atoms with Crippen molar-refractivity contribution in [2.24, 2.45) is 0 Å². The molecule has 8 nitrogen and oxygen atoms in total. The predicted molar refractivity (Wildman–Crippen MR) is 263 cm³/mol. The summed E-state index contributed by atoms with van der Waals surface area (Å²) >= 11 is 0. The van der Waals surface area contributed by atoms with Crippen LogP contribution in [-0.4, -0.2) is 73.4 Å². The van der Waals surface area contributed by atoms with E-state index in [2.05, 4.69) is 55.6 Å². The van der Waals surface area contributed by atoms with Gasteiger partial charge in [0.1, 0.15) is 13.2 Å². The third-order valence-corrected chi connectivity index (χ3v) is 12.6. The number of carbonyl (C=O) groups is 1. The van der Waals surface area contributed by atoms with Crippen LogP contribution in [0.5, 0.6) is 0 Å². The van der Waals surface area contributed by atoms with Crippen LogP contribution in [0.4, 0.5) is 0 Å². The van der Waals surface area contributed by atoms with Crippen molar-refractivity contribution < 1.29 is 32.9 Å². The zero-order chi connectivity index (χ0) is 45.0. The van der Waals surface area contributed by atoms with Crippen molar-refractivity contribution in [2.75, 3.05) is 40.9 Å². The van der Waals surface area contributed by atoms with Gasteiger partial charge in [-0.3, -0.25) is 13.8 Å². The van der Waals surface area contributed by atoms with Crippen LogP contribution in [0.25, 0.3) is 0 Å². The highest BCUT2D eigenvalue weighted by molar-refractivity contribution is 7.47. The number of rotatable bonds is 47. The molecule has 3 unspecified atom stereocenters. The number of allylic oxidation sites excluding steroid dienone is 6. The van der Waals surface area contributed by atoms with Gasteiger partial charge in [0.2, 0.25) is 5.91 Å². The van der Waals surface area contributed by atoms with E-state index in [1.54, 1.807) is 0 Å². The van der Waals surface area contributed by atoms with E-state index in [-0.39, 0.29) is 19.1 Å². The Morgan fingerprint density at radius 2 is 0.934 bits per heavy atom. The number of nitrogens with zero attached hydrogens (tertiary/aromatic N) is 1. The summed E-state index contributed by atoms with van der Waals surface area (Å²) in [5.41, 5.74) is 0. The normalized spacial score (nSPS) is 14.4. The number of aliphatic hydroxyl groups is 1. The molecule has 9 heteroatoms. The minimum Gasteiger partial charge on any atom is -0.391 e. The summed E-state index contributed by atoms with van der Waals surface area (Å²) in [4.78, 5) is 23.0. The Morgan fingerprint density at radius 1 is 0.557 bits per heavy atom. The van der Waals surface area contributed by atoms with Crippen LogP contribution < -0.4 is 5.32 Å². The largest absolute Gasteiger partial charge is 0.472 e. The molecule has 0 radical (unpaired) electrons. The minimum atomic E-state index is -4.30. The third kappa shape index (κ3) is 46.5. The molecule has 0 aromatic rings. The molecule has 0 aliphatic heterocycles. The molecular weight excluding hydrogens is 780 g/mol. The molecular formula is C52H102N2O6P+. The van der Waals surface area contributed by atoms with Gasteiger partial charge >= 0.3 is 7.82 Å². The lowest BCUT2D eigenvalue weighted by atomic mass is 10.0. The third-order valence-electron chi connectivity index (χ3n) is 11.6. The number of nitrogens with one attached hydrogen (secondary N) is 1. The second kappa shape index (κ2) is 43.9. The van der Waals surface area contributed by atoms with Crippen molar-refractivity contribution in [3.8, 4) is 0 Å². The van der Waals surface area contributed by atoms with E-state index in [4.69, 9.17) is 9.05 Å². The van der Waals surface area contributed by atoms with Crippen molar-refractivity contribution in [3.05, 3.63) is 36.5 Å². The van der Waals surface area contributed by atoms with E-state index in [9.17, 15) is 19.4 Å². The molecule has 0 aromatic heterocycles. The van der Waals surface area contributed by atoms with Crippen molar-refractivity contribution in [3.63, 3.8) is 0 Å². The Labute approximate surface area is 378 Å². The Balaban J connectivity index is 3.84. The Hall–Kier alpha value is -1.28.